The molecule has 9 nitrogen and oxygen atoms in total. The van der Waals surface area contributed by atoms with E-state index in [0.717, 1.165) is 0 Å². The number of rotatable bonds is 7. The van der Waals surface area contributed by atoms with Crippen molar-refractivity contribution in [2.75, 3.05) is 26.1 Å². The molecule has 0 spiro atoms. The maximum atomic E-state index is 12.0. The average Bonchev–Trinajstić information content (AvgIpc) is 3.20. The van der Waals surface area contributed by atoms with Crippen LogP contribution in [0, 0.1) is 0 Å². The highest BCUT2D eigenvalue weighted by atomic mass is 16.5. The number of anilines is 1. The molecule has 144 valence electrons. The van der Waals surface area contributed by atoms with Gasteiger partial charge in [-0.2, -0.15) is 4.98 Å². The first-order valence-corrected chi connectivity index (χ1v) is 8.38. The zero-order valence-corrected chi connectivity index (χ0v) is 15.4. The van der Waals surface area contributed by atoms with E-state index < -0.39 is 5.91 Å². The first-order chi connectivity index (χ1) is 13.6. The van der Waals surface area contributed by atoms with E-state index in [2.05, 4.69) is 25.8 Å². The van der Waals surface area contributed by atoms with E-state index >= 15 is 0 Å². The second-order valence-corrected chi connectivity index (χ2v) is 5.67. The van der Waals surface area contributed by atoms with Gasteiger partial charge in [-0.25, -0.2) is 0 Å². The normalized spacial score (nSPS) is 10.2. The fourth-order valence-corrected chi connectivity index (χ4v) is 2.45. The number of methoxy groups -OCH3 is 2. The predicted octanol–water partition coefficient (Wildman–Crippen LogP) is 1.86. The third-order valence-electron chi connectivity index (χ3n) is 3.84. The quantitative estimate of drug-likeness (QED) is 0.575. The average molecular weight is 381 g/mol. The number of aromatic amines is 1. The molecule has 3 rings (SSSR count). The van der Waals surface area contributed by atoms with Crippen molar-refractivity contribution in [3.63, 3.8) is 0 Å². The molecule has 0 saturated carbocycles. The summed E-state index contributed by atoms with van der Waals surface area (Å²) in [5.41, 5.74) is 1.19. The van der Waals surface area contributed by atoms with Crippen LogP contribution in [-0.2, 0) is 4.79 Å². The number of carbonyl (C=O) groups is 2. The van der Waals surface area contributed by atoms with E-state index in [1.807, 2.05) is 6.07 Å². The number of H-pyrrole nitrogens is 1. The Bertz CT molecular complexity index is 971. The van der Waals surface area contributed by atoms with Crippen LogP contribution < -0.4 is 20.1 Å². The Morgan fingerprint density at radius 1 is 1.04 bits per heavy atom. The van der Waals surface area contributed by atoms with Crippen LogP contribution in [0.15, 0.2) is 48.5 Å². The minimum absolute atomic E-state index is 0.101. The van der Waals surface area contributed by atoms with Crippen LogP contribution in [0.1, 0.15) is 10.4 Å². The smallest absolute Gasteiger partial charge is 0.251 e. The molecule has 0 radical (unpaired) electrons. The summed E-state index contributed by atoms with van der Waals surface area (Å²) in [6.07, 6.45) is 0. The lowest BCUT2D eigenvalue weighted by molar-refractivity contribution is -0.115. The van der Waals surface area contributed by atoms with Gasteiger partial charge in [0, 0.05) is 11.1 Å². The highest BCUT2D eigenvalue weighted by molar-refractivity contribution is 5.98. The van der Waals surface area contributed by atoms with Gasteiger partial charge in [0.25, 0.3) is 5.91 Å². The van der Waals surface area contributed by atoms with Crippen molar-refractivity contribution >= 4 is 17.8 Å². The summed E-state index contributed by atoms with van der Waals surface area (Å²) in [4.78, 5) is 28.2. The molecule has 0 unspecified atom stereocenters. The molecule has 1 heterocycles. The molecule has 0 aliphatic rings. The predicted molar refractivity (Wildman–Crippen MR) is 102 cm³/mol. The van der Waals surface area contributed by atoms with E-state index in [1.54, 1.807) is 49.6 Å². The Balaban J connectivity index is 1.60. The number of amides is 2. The third kappa shape index (κ3) is 4.44. The Kier molecular flexibility index (Phi) is 5.85. The van der Waals surface area contributed by atoms with Gasteiger partial charge in [-0.05, 0) is 30.3 Å². The van der Waals surface area contributed by atoms with E-state index in [-0.39, 0.29) is 18.4 Å². The summed E-state index contributed by atoms with van der Waals surface area (Å²) in [7, 11) is 3.09. The number of carbonyl (C=O) groups excluding carboxylic acids is 2. The highest BCUT2D eigenvalue weighted by Crippen LogP contribution is 2.31. The van der Waals surface area contributed by atoms with Gasteiger partial charge in [0.15, 0.2) is 17.3 Å². The largest absolute Gasteiger partial charge is 0.493 e. The van der Waals surface area contributed by atoms with Gasteiger partial charge in [-0.15, -0.1) is 5.10 Å². The second kappa shape index (κ2) is 8.67. The fraction of sp³-hybridized carbons (Fsp3) is 0.158. The van der Waals surface area contributed by atoms with Gasteiger partial charge in [0.2, 0.25) is 11.9 Å². The molecule has 3 aromatic rings. The number of nitrogens with one attached hydrogen (secondary N) is 3. The van der Waals surface area contributed by atoms with Crippen LogP contribution >= 0.6 is 0 Å². The monoisotopic (exact) mass is 381 g/mol. The number of hydrogen-bond donors (Lipinski definition) is 3. The van der Waals surface area contributed by atoms with Gasteiger partial charge in [0.05, 0.1) is 20.8 Å². The summed E-state index contributed by atoms with van der Waals surface area (Å²) in [6.45, 7) is -0.200. The molecule has 1 aromatic heterocycles. The van der Waals surface area contributed by atoms with Crippen molar-refractivity contribution in [3.8, 4) is 22.9 Å². The van der Waals surface area contributed by atoms with Gasteiger partial charge < -0.3 is 14.8 Å². The summed E-state index contributed by atoms with van der Waals surface area (Å²) in [6, 6.07) is 13.9. The zero-order chi connectivity index (χ0) is 19.9. The maximum absolute atomic E-state index is 12.0. The molecule has 9 heteroatoms. The Morgan fingerprint density at radius 3 is 2.50 bits per heavy atom. The first kappa shape index (κ1) is 18.9. The van der Waals surface area contributed by atoms with Gasteiger partial charge in [-0.1, -0.05) is 18.2 Å². The standard InChI is InChI=1S/C19H19N5O4/c1-27-14-9-8-13(10-15(14)28-2)17-22-19(24-23-17)21-16(25)11-20-18(26)12-6-4-3-5-7-12/h3-10H,11H2,1-2H3,(H,20,26)(H2,21,22,23,24,25). The number of benzene rings is 2. The van der Waals surface area contributed by atoms with Crippen LogP contribution in [-0.4, -0.2) is 47.8 Å². The summed E-state index contributed by atoms with van der Waals surface area (Å²) in [5.74, 6) is 0.909. The number of hydrogen-bond acceptors (Lipinski definition) is 6. The zero-order valence-electron chi connectivity index (χ0n) is 15.4. The van der Waals surface area contributed by atoms with Crippen LogP contribution in [0.5, 0.6) is 11.5 Å². The van der Waals surface area contributed by atoms with Crippen molar-refractivity contribution < 1.29 is 19.1 Å². The Hall–Kier alpha value is -3.88. The topological polar surface area (TPSA) is 118 Å². The molecule has 0 aliphatic carbocycles. The van der Waals surface area contributed by atoms with Crippen LogP contribution in [0.3, 0.4) is 0 Å². The Labute approximate surface area is 161 Å². The molecular weight excluding hydrogens is 362 g/mol. The molecule has 3 N–H and O–H groups in total. The summed E-state index contributed by atoms with van der Waals surface area (Å²) < 4.78 is 10.5. The molecule has 0 saturated heterocycles. The van der Waals surface area contributed by atoms with E-state index in [4.69, 9.17) is 9.47 Å². The minimum Gasteiger partial charge on any atom is -0.493 e. The molecule has 0 atom stereocenters. The van der Waals surface area contributed by atoms with Crippen molar-refractivity contribution in [2.45, 2.75) is 0 Å². The van der Waals surface area contributed by atoms with Crippen LogP contribution in [0.2, 0.25) is 0 Å². The van der Waals surface area contributed by atoms with Crippen molar-refractivity contribution in [1.29, 1.82) is 0 Å². The molecule has 0 aliphatic heterocycles. The van der Waals surface area contributed by atoms with Crippen molar-refractivity contribution in [1.82, 2.24) is 20.5 Å². The Morgan fingerprint density at radius 2 is 1.79 bits per heavy atom. The van der Waals surface area contributed by atoms with Gasteiger partial charge in [-0.3, -0.25) is 20.0 Å². The van der Waals surface area contributed by atoms with Crippen molar-refractivity contribution in [3.05, 3.63) is 54.1 Å². The minimum atomic E-state index is -0.442. The molecule has 2 amide bonds. The second-order valence-electron chi connectivity index (χ2n) is 5.67. The summed E-state index contributed by atoms with van der Waals surface area (Å²) >= 11 is 0. The lowest BCUT2D eigenvalue weighted by Gasteiger charge is -2.08. The van der Waals surface area contributed by atoms with Crippen molar-refractivity contribution in [2.24, 2.45) is 0 Å². The number of nitrogens with zero attached hydrogens (tertiary/aromatic N) is 2. The number of aromatic nitrogens is 3. The van der Waals surface area contributed by atoms with E-state index in [1.165, 1.54) is 7.11 Å². The lowest BCUT2D eigenvalue weighted by Crippen LogP contribution is -2.33. The van der Waals surface area contributed by atoms with Gasteiger partial charge in [0.1, 0.15) is 0 Å². The van der Waals surface area contributed by atoms with Crippen LogP contribution in [0.25, 0.3) is 11.4 Å². The molecule has 2 aromatic carbocycles. The maximum Gasteiger partial charge on any atom is 0.251 e. The van der Waals surface area contributed by atoms with E-state index in [0.29, 0.717) is 28.5 Å². The van der Waals surface area contributed by atoms with E-state index in [9.17, 15) is 9.59 Å². The summed E-state index contributed by atoms with van der Waals surface area (Å²) in [5, 5.41) is 11.8. The fourth-order valence-electron chi connectivity index (χ4n) is 2.45. The van der Waals surface area contributed by atoms with Gasteiger partial charge >= 0.3 is 0 Å². The molecule has 0 bridgehead atoms. The first-order valence-electron chi connectivity index (χ1n) is 8.38. The highest BCUT2D eigenvalue weighted by Gasteiger charge is 2.13. The molecular formula is C19H19N5O4. The SMILES string of the molecule is COc1ccc(-c2nc(NC(=O)CNC(=O)c3ccccc3)n[nH]2)cc1OC. The molecule has 0 fully saturated rings. The lowest BCUT2D eigenvalue weighted by atomic mass is 10.2. The number of ether oxygens (including phenoxy) is 2. The molecule has 28 heavy (non-hydrogen) atoms. The van der Waals surface area contributed by atoms with Crippen LogP contribution in [0.4, 0.5) is 5.95 Å². The third-order valence-corrected chi connectivity index (χ3v) is 3.84.